The Morgan fingerprint density at radius 1 is 1.00 bits per heavy atom. The van der Waals surface area contributed by atoms with Gasteiger partial charge < -0.3 is 14.8 Å². The van der Waals surface area contributed by atoms with Gasteiger partial charge in [-0.1, -0.05) is 37.0 Å². The second-order valence-electron chi connectivity index (χ2n) is 6.76. The van der Waals surface area contributed by atoms with Gasteiger partial charge in [-0.15, -0.1) is 0 Å². The van der Waals surface area contributed by atoms with E-state index >= 15 is 0 Å². The fourth-order valence-electron chi connectivity index (χ4n) is 3.57. The molecule has 142 valence electrons. The number of nitrogens with zero attached hydrogens (tertiary/aromatic N) is 2. The smallest absolute Gasteiger partial charge is 0.0836 e. The van der Waals surface area contributed by atoms with E-state index in [9.17, 15) is 10.2 Å². The van der Waals surface area contributed by atoms with E-state index in [0.29, 0.717) is 22.3 Å². The van der Waals surface area contributed by atoms with E-state index in [2.05, 4.69) is 18.8 Å². The van der Waals surface area contributed by atoms with E-state index in [1.807, 2.05) is 28.8 Å². The number of aliphatic hydroxyl groups is 2. The van der Waals surface area contributed by atoms with Gasteiger partial charge in [0, 0.05) is 45.8 Å². The van der Waals surface area contributed by atoms with Gasteiger partial charge in [0.05, 0.1) is 18.9 Å². The van der Waals surface area contributed by atoms with Crippen molar-refractivity contribution in [2.45, 2.75) is 39.5 Å². The number of hydrogen-bond donors (Lipinski definition) is 2. The van der Waals surface area contributed by atoms with Gasteiger partial charge in [-0.3, -0.25) is 4.98 Å². The summed E-state index contributed by atoms with van der Waals surface area (Å²) in [5.41, 5.74) is 5.27. The number of rotatable bonds is 6. The SMILES string of the molecule is CC(C)c1c(CO)c(CO)n(Cc2ccncc2)c1-c1cc(Cl)cc(Cl)c1. The van der Waals surface area contributed by atoms with Gasteiger partial charge in [0.15, 0.2) is 0 Å². The zero-order valence-corrected chi connectivity index (χ0v) is 16.8. The largest absolute Gasteiger partial charge is 0.392 e. The molecule has 2 N–H and O–H groups in total. The minimum Gasteiger partial charge on any atom is -0.392 e. The topological polar surface area (TPSA) is 58.3 Å². The molecule has 0 unspecified atom stereocenters. The molecule has 0 fully saturated rings. The van der Waals surface area contributed by atoms with Crippen LogP contribution < -0.4 is 0 Å². The molecule has 0 amide bonds. The summed E-state index contributed by atoms with van der Waals surface area (Å²) in [4.78, 5) is 4.07. The molecule has 0 saturated carbocycles. The normalized spacial score (nSPS) is 11.4. The van der Waals surface area contributed by atoms with Crippen molar-refractivity contribution in [2.24, 2.45) is 0 Å². The van der Waals surface area contributed by atoms with E-state index in [1.165, 1.54) is 0 Å². The van der Waals surface area contributed by atoms with Gasteiger partial charge in [-0.25, -0.2) is 0 Å². The van der Waals surface area contributed by atoms with E-state index in [0.717, 1.165) is 27.9 Å². The summed E-state index contributed by atoms with van der Waals surface area (Å²) in [6.45, 7) is 4.37. The van der Waals surface area contributed by atoms with E-state index in [-0.39, 0.29) is 19.1 Å². The van der Waals surface area contributed by atoms with Crippen molar-refractivity contribution in [3.8, 4) is 11.3 Å². The highest BCUT2D eigenvalue weighted by Crippen LogP contribution is 2.39. The summed E-state index contributed by atoms with van der Waals surface area (Å²) >= 11 is 12.5. The molecule has 0 radical (unpaired) electrons. The average molecular weight is 405 g/mol. The molecular weight excluding hydrogens is 383 g/mol. The lowest BCUT2D eigenvalue weighted by molar-refractivity contribution is 0.252. The first-order valence-electron chi connectivity index (χ1n) is 8.77. The molecule has 2 heterocycles. The molecule has 0 aliphatic carbocycles. The predicted molar refractivity (Wildman–Crippen MR) is 109 cm³/mol. The zero-order chi connectivity index (χ0) is 19.6. The van der Waals surface area contributed by atoms with E-state index < -0.39 is 0 Å². The first-order chi connectivity index (χ1) is 13.0. The minimum absolute atomic E-state index is 0.142. The summed E-state index contributed by atoms with van der Waals surface area (Å²) in [5, 5.41) is 21.2. The second kappa shape index (κ2) is 8.44. The number of halogens is 2. The van der Waals surface area contributed by atoms with Crippen LogP contribution in [0.3, 0.4) is 0 Å². The predicted octanol–water partition coefficient (Wildman–Crippen LogP) is 5.01. The quantitative estimate of drug-likeness (QED) is 0.606. The maximum Gasteiger partial charge on any atom is 0.0836 e. The molecule has 3 aromatic rings. The van der Waals surface area contributed by atoms with Crippen molar-refractivity contribution in [2.75, 3.05) is 0 Å². The van der Waals surface area contributed by atoms with Crippen LogP contribution in [0.2, 0.25) is 10.0 Å². The monoisotopic (exact) mass is 404 g/mol. The third-order valence-electron chi connectivity index (χ3n) is 4.64. The Morgan fingerprint density at radius 2 is 1.63 bits per heavy atom. The van der Waals surface area contributed by atoms with Crippen LogP contribution in [0.1, 0.15) is 42.1 Å². The van der Waals surface area contributed by atoms with Crippen molar-refractivity contribution in [1.29, 1.82) is 0 Å². The Kier molecular flexibility index (Phi) is 6.22. The number of benzene rings is 1. The van der Waals surface area contributed by atoms with Gasteiger partial charge in [-0.2, -0.15) is 0 Å². The highest BCUT2D eigenvalue weighted by Gasteiger charge is 2.25. The van der Waals surface area contributed by atoms with Gasteiger partial charge in [-0.05, 0) is 47.4 Å². The molecule has 0 atom stereocenters. The molecule has 6 heteroatoms. The maximum atomic E-state index is 10.1. The summed E-state index contributed by atoms with van der Waals surface area (Å²) in [6.07, 6.45) is 3.48. The molecule has 4 nitrogen and oxygen atoms in total. The van der Waals surface area contributed by atoms with Crippen LogP contribution in [0.4, 0.5) is 0 Å². The van der Waals surface area contributed by atoms with Crippen LogP contribution in [0.15, 0.2) is 42.7 Å². The van der Waals surface area contributed by atoms with Gasteiger partial charge in [0.2, 0.25) is 0 Å². The van der Waals surface area contributed by atoms with Crippen molar-refractivity contribution in [3.05, 3.63) is 75.2 Å². The fraction of sp³-hybridized carbons (Fsp3) is 0.286. The van der Waals surface area contributed by atoms with Gasteiger partial charge in [0.1, 0.15) is 0 Å². The van der Waals surface area contributed by atoms with Crippen LogP contribution in [-0.2, 0) is 19.8 Å². The number of hydrogen-bond acceptors (Lipinski definition) is 3. The second-order valence-corrected chi connectivity index (χ2v) is 7.63. The van der Waals surface area contributed by atoms with Crippen molar-refractivity contribution < 1.29 is 10.2 Å². The molecule has 0 saturated heterocycles. The molecule has 27 heavy (non-hydrogen) atoms. The Hall–Kier alpha value is -1.85. The Morgan fingerprint density at radius 3 is 2.15 bits per heavy atom. The third-order valence-corrected chi connectivity index (χ3v) is 5.07. The number of aliphatic hydroxyl groups excluding tert-OH is 2. The van der Waals surface area contributed by atoms with Crippen molar-refractivity contribution >= 4 is 23.2 Å². The first-order valence-corrected chi connectivity index (χ1v) is 9.53. The first kappa shape index (κ1) is 19.9. The Labute approximate surface area is 169 Å². The van der Waals surface area contributed by atoms with Crippen LogP contribution >= 0.6 is 23.2 Å². The lowest BCUT2D eigenvalue weighted by atomic mass is 9.95. The summed E-state index contributed by atoms with van der Waals surface area (Å²) in [6, 6.07) is 9.28. The Bertz CT molecular complexity index is 917. The van der Waals surface area contributed by atoms with E-state index in [4.69, 9.17) is 23.2 Å². The fourth-order valence-corrected chi connectivity index (χ4v) is 4.09. The third kappa shape index (κ3) is 4.04. The van der Waals surface area contributed by atoms with Crippen molar-refractivity contribution in [3.63, 3.8) is 0 Å². The summed E-state index contributed by atoms with van der Waals surface area (Å²) in [5.74, 6) is 0.142. The standard InChI is InChI=1S/C21H22Cl2N2O2/c1-13(2)20-18(11-26)19(12-27)25(10-14-3-5-24-6-4-14)21(20)15-7-16(22)9-17(23)8-15/h3-9,13,26-27H,10-12H2,1-2H3. The minimum atomic E-state index is -0.172. The van der Waals surface area contributed by atoms with Crippen molar-refractivity contribution in [1.82, 2.24) is 9.55 Å². The number of aromatic nitrogens is 2. The van der Waals surface area contributed by atoms with Gasteiger partial charge >= 0.3 is 0 Å². The molecule has 0 bridgehead atoms. The molecule has 0 spiro atoms. The lowest BCUT2D eigenvalue weighted by Crippen LogP contribution is -2.07. The molecular formula is C21H22Cl2N2O2. The van der Waals surface area contributed by atoms with Crippen LogP contribution in [-0.4, -0.2) is 19.8 Å². The molecule has 3 rings (SSSR count). The van der Waals surface area contributed by atoms with Crippen LogP contribution in [0.25, 0.3) is 11.3 Å². The Balaban J connectivity index is 2.32. The molecule has 0 aliphatic heterocycles. The van der Waals surface area contributed by atoms with Crippen LogP contribution in [0.5, 0.6) is 0 Å². The zero-order valence-electron chi connectivity index (χ0n) is 15.3. The lowest BCUT2D eigenvalue weighted by Gasteiger charge is -2.16. The molecule has 0 aliphatic rings. The summed E-state index contributed by atoms with van der Waals surface area (Å²) < 4.78 is 2.04. The highest BCUT2D eigenvalue weighted by atomic mass is 35.5. The summed E-state index contributed by atoms with van der Waals surface area (Å²) in [7, 11) is 0. The molecule has 1 aromatic carbocycles. The van der Waals surface area contributed by atoms with Crippen LogP contribution in [0, 0.1) is 0 Å². The number of pyridine rings is 1. The van der Waals surface area contributed by atoms with E-state index in [1.54, 1.807) is 18.5 Å². The van der Waals surface area contributed by atoms with Gasteiger partial charge in [0.25, 0.3) is 0 Å². The average Bonchev–Trinajstić information content (AvgIpc) is 2.95. The maximum absolute atomic E-state index is 10.1. The molecule has 2 aromatic heterocycles. The highest BCUT2D eigenvalue weighted by molar-refractivity contribution is 6.35.